The molecule has 0 aliphatic rings. The first kappa shape index (κ1) is 18.4. The van der Waals surface area contributed by atoms with Crippen molar-refractivity contribution in [2.45, 2.75) is 31.1 Å². The van der Waals surface area contributed by atoms with Gasteiger partial charge in [-0.05, 0) is 31.0 Å². The lowest BCUT2D eigenvalue weighted by Gasteiger charge is -2.13. The topological polar surface area (TPSA) is 56.7 Å². The molecule has 0 amide bonds. The Hall–Kier alpha value is -1.91. The average molecular weight is 370 g/mol. The number of aryl methyl sites for hydroxylation is 2. The van der Waals surface area contributed by atoms with Gasteiger partial charge in [-0.3, -0.25) is 0 Å². The largest absolute Gasteiger partial charge is 0.453 e. The number of nitrogens with zero attached hydrogens (tertiary/aromatic N) is 3. The van der Waals surface area contributed by atoms with E-state index in [0.717, 1.165) is 4.68 Å². The van der Waals surface area contributed by atoms with E-state index in [1.54, 1.807) is 19.9 Å². The van der Waals surface area contributed by atoms with Gasteiger partial charge in [0.2, 0.25) is 5.95 Å². The molecule has 2 N–H and O–H groups in total. The second kappa shape index (κ2) is 6.19. The number of benzene rings is 1. The van der Waals surface area contributed by atoms with E-state index in [-0.39, 0.29) is 10.6 Å². The Labute approximate surface area is 137 Å². The van der Waals surface area contributed by atoms with Crippen LogP contribution < -0.4 is 5.73 Å². The first-order chi connectivity index (χ1) is 10.9. The van der Waals surface area contributed by atoms with Gasteiger partial charge < -0.3 is 5.73 Å². The van der Waals surface area contributed by atoms with Crippen molar-refractivity contribution >= 4 is 17.7 Å². The summed E-state index contributed by atoms with van der Waals surface area (Å²) < 4.78 is 75.9. The molecule has 1 aromatic heterocycles. The quantitative estimate of drug-likeness (QED) is 0.652. The number of rotatable bonds is 3. The first-order valence-electron chi connectivity index (χ1n) is 6.49. The zero-order valence-electron chi connectivity index (χ0n) is 12.5. The molecule has 1 heterocycles. The van der Waals surface area contributed by atoms with Crippen LogP contribution in [-0.4, -0.2) is 26.7 Å². The SMILES string of the molecule is Cc1cc(C)c(-n2nc(C(F)(F)F)nc2N)cc1SCC(F)(F)F. The van der Waals surface area contributed by atoms with E-state index in [1.807, 2.05) is 0 Å². The summed E-state index contributed by atoms with van der Waals surface area (Å²) in [6.07, 6.45) is -9.14. The fourth-order valence-corrected chi connectivity index (χ4v) is 2.79. The Morgan fingerprint density at radius 3 is 2.21 bits per heavy atom. The second-order valence-electron chi connectivity index (χ2n) is 5.01. The van der Waals surface area contributed by atoms with Crippen molar-refractivity contribution in [1.29, 1.82) is 0 Å². The minimum atomic E-state index is -4.77. The van der Waals surface area contributed by atoms with Crippen LogP contribution in [0.2, 0.25) is 0 Å². The molecule has 0 atom stereocenters. The molecular weight excluding hydrogens is 358 g/mol. The minimum Gasteiger partial charge on any atom is -0.368 e. The molecule has 4 nitrogen and oxygen atoms in total. The molecule has 0 unspecified atom stereocenters. The van der Waals surface area contributed by atoms with E-state index < -0.39 is 29.9 Å². The number of halogens is 6. The highest BCUT2D eigenvalue weighted by Crippen LogP contribution is 2.33. The molecule has 0 aliphatic carbocycles. The van der Waals surface area contributed by atoms with Gasteiger partial charge in [0.05, 0.1) is 11.4 Å². The molecule has 0 saturated carbocycles. The maximum atomic E-state index is 12.7. The summed E-state index contributed by atoms with van der Waals surface area (Å²) in [5, 5.41) is 3.32. The number of nitrogen functional groups attached to an aromatic ring is 1. The van der Waals surface area contributed by atoms with Gasteiger partial charge in [0.1, 0.15) is 0 Å². The fraction of sp³-hybridized carbons (Fsp3) is 0.385. The molecule has 0 aliphatic heterocycles. The van der Waals surface area contributed by atoms with Crippen LogP contribution in [0.3, 0.4) is 0 Å². The second-order valence-corrected chi connectivity index (χ2v) is 6.03. The van der Waals surface area contributed by atoms with Crippen LogP contribution in [0.1, 0.15) is 17.0 Å². The number of nitrogens with two attached hydrogens (primary N) is 1. The van der Waals surface area contributed by atoms with Gasteiger partial charge in [0, 0.05) is 4.90 Å². The fourth-order valence-electron chi connectivity index (χ4n) is 1.99. The summed E-state index contributed by atoms with van der Waals surface area (Å²) in [4.78, 5) is 3.43. The van der Waals surface area contributed by atoms with Crippen molar-refractivity contribution in [2.75, 3.05) is 11.5 Å². The molecule has 0 fully saturated rings. The van der Waals surface area contributed by atoms with Gasteiger partial charge in [0.15, 0.2) is 0 Å². The maximum absolute atomic E-state index is 12.7. The van der Waals surface area contributed by atoms with Crippen LogP contribution in [0.4, 0.5) is 32.3 Å². The third kappa shape index (κ3) is 4.13. The predicted molar refractivity (Wildman–Crippen MR) is 77.0 cm³/mol. The molecule has 2 rings (SSSR count). The normalized spacial score (nSPS) is 12.7. The van der Waals surface area contributed by atoms with E-state index in [1.165, 1.54) is 6.07 Å². The number of hydrogen-bond donors (Lipinski definition) is 1. The van der Waals surface area contributed by atoms with Crippen molar-refractivity contribution in [3.63, 3.8) is 0 Å². The van der Waals surface area contributed by atoms with Gasteiger partial charge in [-0.15, -0.1) is 16.9 Å². The van der Waals surface area contributed by atoms with Crippen LogP contribution in [0.5, 0.6) is 0 Å². The molecular formula is C13H12F6N4S. The number of hydrogen-bond acceptors (Lipinski definition) is 4. The van der Waals surface area contributed by atoms with E-state index in [9.17, 15) is 26.3 Å². The number of alkyl halides is 6. The van der Waals surface area contributed by atoms with Gasteiger partial charge in [-0.1, -0.05) is 6.07 Å². The Balaban J connectivity index is 2.46. The average Bonchev–Trinajstić information content (AvgIpc) is 2.79. The van der Waals surface area contributed by atoms with Gasteiger partial charge in [-0.2, -0.15) is 36.0 Å². The van der Waals surface area contributed by atoms with Crippen molar-refractivity contribution in [3.8, 4) is 5.69 Å². The van der Waals surface area contributed by atoms with Gasteiger partial charge >= 0.3 is 12.4 Å². The predicted octanol–water partition coefficient (Wildman–Crippen LogP) is 4.14. The van der Waals surface area contributed by atoms with Crippen molar-refractivity contribution in [2.24, 2.45) is 0 Å². The van der Waals surface area contributed by atoms with Crippen LogP contribution in [0.25, 0.3) is 5.69 Å². The molecule has 0 spiro atoms. The van der Waals surface area contributed by atoms with E-state index >= 15 is 0 Å². The minimum absolute atomic E-state index is 0.144. The zero-order valence-corrected chi connectivity index (χ0v) is 13.3. The van der Waals surface area contributed by atoms with Crippen LogP contribution in [0, 0.1) is 13.8 Å². The Morgan fingerprint density at radius 1 is 1.08 bits per heavy atom. The van der Waals surface area contributed by atoms with Crippen LogP contribution in [0.15, 0.2) is 17.0 Å². The van der Waals surface area contributed by atoms with Gasteiger partial charge in [-0.25, -0.2) is 0 Å². The highest BCUT2D eigenvalue weighted by molar-refractivity contribution is 7.99. The van der Waals surface area contributed by atoms with Gasteiger partial charge in [0.25, 0.3) is 5.82 Å². The first-order valence-corrected chi connectivity index (χ1v) is 7.48. The van der Waals surface area contributed by atoms with Crippen LogP contribution >= 0.6 is 11.8 Å². The summed E-state index contributed by atoms with van der Waals surface area (Å²) in [5.74, 6) is -3.03. The Kier molecular flexibility index (Phi) is 4.75. The highest BCUT2D eigenvalue weighted by Gasteiger charge is 2.37. The lowest BCUT2D eigenvalue weighted by molar-refractivity contribution is -0.144. The summed E-state index contributed by atoms with van der Waals surface area (Å²) in [5.41, 5.74) is 6.70. The van der Waals surface area contributed by atoms with E-state index in [0.29, 0.717) is 22.9 Å². The number of aromatic nitrogens is 3. The Bertz CT molecular complexity index is 750. The van der Waals surface area contributed by atoms with Crippen molar-refractivity contribution < 1.29 is 26.3 Å². The van der Waals surface area contributed by atoms with Crippen molar-refractivity contribution in [3.05, 3.63) is 29.1 Å². The summed E-state index contributed by atoms with van der Waals surface area (Å²) in [7, 11) is 0. The molecule has 1 aromatic carbocycles. The molecule has 24 heavy (non-hydrogen) atoms. The summed E-state index contributed by atoms with van der Waals surface area (Å²) >= 11 is 0.540. The zero-order chi connectivity index (χ0) is 18.3. The molecule has 0 radical (unpaired) electrons. The van der Waals surface area contributed by atoms with E-state index in [4.69, 9.17) is 5.73 Å². The highest BCUT2D eigenvalue weighted by atomic mass is 32.2. The Morgan fingerprint density at radius 2 is 1.71 bits per heavy atom. The smallest absolute Gasteiger partial charge is 0.368 e. The molecule has 2 aromatic rings. The third-order valence-electron chi connectivity index (χ3n) is 3.00. The maximum Gasteiger partial charge on any atom is 0.453 e. The summed E-state index contributed by atoms with van der Waals surface area (Å²) in [6.45, 7) is 3.20. The molecule has 132 valence electrons. The molecule has 11 heteroatoms. The lowest BCUT2D eigenvalue weighted by Crippen LogP contribution is -2.11. The molecule has 0 saturated heterocycles. The third-order valence-corrected chi connectivity index (χ3v) is 4.22. The number of anilines is 1. The summed E-state index contributed by atoms with van der Waals surface area (Å²) in [6, 6.07) is 2.88. The standard InChI is InChI=1S/C13H12F6N4S/c1-6-3-7(2)9(24-5-12(14,15)16)4-8(6)23-11(20)21-10(22-23)13(17,18)19/h3-4H,5H2,1-2H3,(H2,20,21,22). The lowest BCUT2D eigenvalue weighted by atomic mass is 10.1. The number of thioether (sulfide) groups is 1. The monoisotopic (exact) mass is 370 g/mol. The van der Waals surface area contributed by atoms with Crippen LogP contribution in [-0.2, 0) is 6.18 Å². The van der Waals surface area contributed by atoms with Crippen molar-refractivity contribution in [1.82, 2.24) is 14.8 Å². The van der Waals surface area contributed by atoms with E-state index in [2.05, 4.69) is 10.1 Å². The molecule has 0 bridgehead atoms.